The van der Waals surface area contributed by atoms with Gasteiger partial charge in [0.2, 0.25) is 5.95 Å². The zero-order valence-electron chi connectivity index (χ0n) is 11.7. The lowest BCUT2D eigenvalue weighted by atomic mass is 10.2. The predicted molar refractivity (Wildman–Crippen MR) is 79.4 cm³/mol. The number of aromatic nitrogens is 4. The topological polar surface area (TPSA) is 75.6 Å². The number of anilines is 2. The van der Waals surface area contributed by atoms with Crippen LogP contribution >= 0.6 is 0 Å². The number of nitrogens with one attached hydrogen (secondary N) is 2. The monoisotopic (exact) mass is 272 g/mol. The molecule has 20 heavy (non-hydrogen) atoms. The first-order valence-electron chi connectivity index (χ1n) is 6.96. The van der Waals surface area contributed by atoms with Crippen LogP contribution in [-0.4, -0.2) is 26.7 Å². The van der Waals surface area contributed by atoms with Crippen LogP contribution in [-0.2, 0) is 6.54 Å². The van der Waals surface area contributed by atoms with Gasteiger partial charge in [-0.2, -0.15) is 10.1 Å². The Morgan fingerprint density at radius 2 is 2.10 bits per heavy atom. The van der Waals surface area contributed by atoms with Crippen LogP contribution in [0.2, 0.25) is 0 Å². The minimum absolute atomic E-state index is 0.510. The number of rotatable bonds is 8. The van der Waals surface area contributed by atoms with Crippen molar-refractivity contribution in [1.29, 1.82) is 0 Å². The quantitative estimate of drug-likeness (QED) is 0.719. The first-order chi connectivity index (χ1) is 9.88. The molecule has 2 rings (SSSR count). The summed E-state index contributed by atoms with van der Waals surface area (Å²) in [7, 11) is 0. The Labute approximate surface area is 119 Å². The van der Waals surface area contributed by atoms with Crippen LogP contribution in [0.1, 0.15) is 31.9 Å². The first-order valence-corrected chi connectivity index (χ1v) is 6.96. The molecular weight excluding hydrogens is 252 g/mol. The van der Waals surface area contributed by atoms with Gasteiger partial charge in [0, 0.05) is 12.7 Å². The average Bonchev–Trinajstić information content (AvgIpc) is 2.51. The van der Waals surface area contributed by atoms with Crippen molar-refractivity contribution in [3.63, 3.8) is 0 Å². The van der Waals surface area contributed by atoms with Crippen LogP contribution in [0, 0.1) is 0 Å². The average molecular weight is 272 g/mol. The maximum atomic E-state index is 4.36. The summed E-state index contributed by atoms with van der Waals surface area (Å²) in [5, 5.41) is 14.3. The second kappa shape index (κ2) is 8.04. The van der Waals surface area contributed by atoms with Crippen molar-refractivity contribution < 1.29 is 0 Å². The summed E-state index contributed by atoms with van der Waals surface area (Å²) < 4.78 is 0. The van der Waals surface area contributed by atoms with Gasteiger partial charge in [-0.15, -0.1) is 5.10 Å². The van der Waals surface area contributed by atoms with Crippen LogP contribution in [0.15, 0.2) is 30.6 Å². The molecule has 0 radical (unpaired) electrons. The molecule has 0 aliphatic rings. The van der Waals surface area contributed by atoms with Gasteiger partial charge < -0.3 is 10.6 Å². The third-order valence-corrected chi connectivity index (χ3v) is 2.80. The van der Waals surface area contributed by atoms with E-state index in [1.54, 1.807) is 12.4 Å². The van der Waals surface area contributed by atoms with Gasteiger partial charge in [-0.05, 0) is 18.6 Å². The minimum Gasteiger partial charge on any atom is -0.369 e. The van der Waals surface area contributed by atoms with E-state index in [4.69, 9.17) is 0 Å². The molecule has 0 bridgehead atoms. The van der Waals surface area contributed by atoms with Crippen LogP contribution in [0.3, 0.4) is 0 Å². The second-order valence-electron chi connectivity index (χ2n) is 4.47. The number of unbranched alkanes of at least 4 members (excludes halogenated alkanes) is 2. The molecule has 2 heterocycles. The summed E-state index contributed by atoms with van der Waals surface area (Å²) in [4.78, 5) is 8.59. The fraction of sp³-hybridized carbons (Fsp3) is 0.429. The van der Waals surface area contributed by atoms with E-state index in [1.165, 1.54) is 12.8 Å². The summed E-state index contributed by atoms with van der Waals surface area (Å²) >= 11 is 0. The SMILES string of the molecule is CCCCCNc1cnnc(NCc2ccccn2)n1. The van der Waals surface area contributed by atoms with Crippen molar-refractivity contribution in [3.8, 4) is 0 Å². The Kier molecular flexibility index (Phi) is 5.70. The lowest BCUT2D eigenvalue weighted by Crippen LogP contribution is -2.09. The van der Waals surface area contributed by atoms with Crippen molar-refractivity contribution in [2.45, 2.75) is 32.7 Å². The van der Waals surface area contributed by atoms with Crippen LogP contribution in [0.5, 0.6) is 0 Å². The van der Waals surface area contributed by atoms with Gasteiger partial charge in [0.1, 0.15) is 5.82 Å². The van der Waals surface area contributed by atoms with E-state index in [-0.39, 0.29) is 0 Å². The highest BCUT2D eigenvalue weighted by molar-refractivity contribution is 5.36. The van der Waals surface area contributed by atoms with E-state index < -0.39 is 0 Å². The van der Waals surface area contributed by atoms with Crippen molar-refractivity contribution in [1.82, 2.24) is 20.2 Å². The Morgan fingerprint density at radius 1 is 1.15 bits per heavy atom. The lowest BCUT2D eigenvalue weighted by molar-refractivity contribution is 0.741. The molecule has 0 aliphatic carbocycles. The number of hydrogen-bond acceptors (Lipinski definition) is 6. The Balaban J connectivity index is 1.83. The van der Waals surface area contributed by atoms with E-state index >= 15 is 0 Å². The molecule has 2 N–H and O–H groups in total. The molecular formula is C14H20N6. The molecule has 0 aromatic carbocycles. The molecule has 0 aliphatic heterocycles. The zero-order valence-corrected chi connectivity index (χ0v) is 11.7. The number of pyridine rings is 1. The molecule has 0 saturated carbocycles. The molecule has 2 aromatic heterocycles. The highest BCUT2D eigenvalue weighted by atomic mass is 15.3. The van der Waals surface area contributed by atoms with Gasteiger partial charge in [-0.3, -0.25) is 4.98 Å². The first kappa shape index (κ1) is 14.2. The van der Waals surface area contributed by atoms with Crippen LogP contribution in [0.25, 0.3) is 0 Å². The highest BCUT2D eigenvalue weighted by Crippen LogP contribution is 2.05. The summed E-state index contributed by atoms with van der Waals surface area (Å²) in [5.41, 5.74) is 0.942. The van der Waals surface area contributed by atoms with Crippen LogP contribution in [0.4, 0.5) is 11.8 Å². The molecule has 2 aromatic rings. The molecule has 0 spiro atoms. The molecule has 0 amide bonds. The summed E-state index contributed by atoms with van der Waals surface area (Å²) in [6.45, 7) is 3.68. The van der Waals surface area contributed by atoms with Crippen molar-refractivity contribution in [2.24, 2.45) is 0 Å². The fourth-order valence-corrected chi connectivity index (χ4v) is 1.73. The Bertz CT molecular complexity index is 502. The van der Waals surface area contributed by atoms with Gasteiger partial charge in [0.25, 0.3) is 0 Å². The Hall–Kier alpha value is -2.24. The maximum absolute atomic E-state index is 4.36. The minimum atomic E-state index is 0.510. The normalized spacial score (nSPS) is 10.2. The van der Waals surface area contributed by atoms with E-state index in [2.05, 4.69) is 37.7 Å². The fourth-order valence-electron chi connectivity index (χ4n) is 1.73. The molecule has 0 saturated heterocycles. The molecule has 6 heteroatoms. The van der Waals surface area contributed by atoms with Crippen molar-refractivity contribution in [3.05, 3.63) is 36.3 Å². The van der Waals surface area contributed by atoms with Gasteiger partial charge in [0.05, 0.1) is 18.4 Å². The lowest BCUT2D eigenvalue weighted by Gasteiger charge is -2.07. The van der Waals surface area contributed by atoms with Gasteiger partial charge in [0.15, 0.2) is 0 Å². The van der Waals surface area contributed by atoms with E-state index in [0.717, 1.165) is 24.5 Å². The van der Waals surface area contributed by atoms with Gasteiger partial charge in [-0.25, -0.2) is 0 Å². The largest absolute Gasteiger partial charge is 0.369 e. The summed E-state index contributed by atoms with van der Waals surface area (Å²) in [5.74, 6) is 1.26. The van der Waals surface area contributed by atoms with Crippen LogP contribution < -0.4 is 10.6 Å². The molecule has 0 fully saturated rings. The Morgan fingerprint density at radius 3 is 2.90 bits per heavy atom. The van der Waals surface area contributed by atoms with Crippen molar-refractivity contribution in [2.75, 3.05) is 17.2 Å². The van der Waals surface area contributed by atoms with E-state index in [0.29, 0.717) is 12.5 Å². The molecule has 0 unspecified atom stereocenters. The number of nitrogens with zero attached hydrogens (tertiary/aromatic N) is 4. The van der Waals surface area contributed by atoms with Gasteiger partial charge in [-0.1, -0.05) is 25.8 Å². The summed E-state index contributed by atoms with van der Waals surface area (Å²) in [6.07, 6.45) is 6.97. The molecule has 106 valence electrons. The van der Waals surface area contributed by atoms with E-state index in [9.17, 15) is 0 Å². The second-order valence-corrected chi connectivity index (χ2v) is 4.47. The van der Waals surface area contributed by atoms with Gasteiger partial charge >= 0.3 is 0 Å². The third kappa shape index (κ3) is 4.79. The predicted octanol–water partition coefficient (Wildman–Crippen LogP) is 2.48. The summed E-state index contributed by atoms with van der Waals surface area (Å²) in [6, 6.07) is 5.80. The molecule has 6 nitrogen and oxygen atoms in total. The smallest absolute Gasteiger partial charge is 0.245 e. The zero-order chi connectivity index (χ0) is 14.0. The van der Waals surface area contributed by atoms with E-state index in [1.807, 2.05) is 18.2 Å². The highest BCUT2D eigenvalue weighted by Gasteiger charge is 2.00. The number of hydrogen-bond donors (Lipinski definition) is 2. The third-order valence-electron chi connectivity index (χ3n) is 2.80. The standard InChI is InChI=1S/C14H20N6/c1-2-3-5-9-16-13-11-18-20-14(19-13)17-10-12-7-4-6-8-15-12/h4,6-8,11H,2-3,5,9-10H2,1H3,(H2,16,17,19,20). The molecule has 0 atom stereocenters. The van der Waals surface area contributed by atoms with Crippen molar-refractivity contribution >= 4 is 11.8 Å². The maximum Gasteiger partial charge on any atom is 0.245 e.